The number of para-hydroxylation sites is 1. The van der Waals surface area contributed by atoms with Gasteiger partial charge in [0.25, 0.3) is 11.8 Å². The Morgan fingerprint density at radius 2 is 1.35 bits per heavy atom. The number of anilines is 1. The Hall–Kier alpha value is -3.08. The van der Waals surface area contributed by atoms with Crippen molar-refractivity contribution in [1.29, 1.82) is 0 Å². The van der Waals surface area contributed by atoms with E-state index in [1.165, 1.54) is 4.90 Å². The number of benzene rings is 3. The topological polar surface area (TPSA) is 40.6 Å². The molecule has 0 fully saturated rings. The Morgan fingerprint density at radius 1 is 0.774 bits per heavy atom. The van der Waals surface area contributed by atoms with Crippen LogP contribution < -0.4 is 4.90 Å². The largest absolute Gasteiger partial charge is 0.337 e. The Kier molecular flexibility index (Phi) is 6.12. The molecule has 0 saturated carbocycles. The van der Waals surface area contributed by atoms with Crippen LogP contribution in [0.1, 0.15) is 18.1 Å². The molecule has 0 spiro atoms. The van der Waals surface area contributed by atoms with Gasteiger partial charge in [-0.2, -0.15) is 0 Å². The first-order chi connectivity index (χ1) is 15.0. The smallest absolute Gasteiger partial charge is 0.278 e. The van der Waals surface area contributed by atoms with Crippen LogP contribution in [0.3, 0.4) is 0 Å². The van der Waals surface area contributed by atoms with Crippen LogP contribution in [0.25, 0.3) is 5.57 Å². The first-order valence-electron chi connectivity index (χ1n) is 9.93. The minimum atomic E-state index is -0.327. The predicted octanol–water partition coefficient (Wildman–Crippen LogP) is 5.80. The number of hydrogen-bond donors (Lipinski definition) is 0. The molecule has 0 saturated heterocycles. The number of halogens is 2. The van der Waals surface area contributed by atoms with E-state index in [2.05, 4.69) is 0 Å². The van der Waals surface area contributed by atoms with Crippen molar-refractivity contribution in [2.45, 2.75) is 13.5 Å². The number of hydrogen-bond acceptors (Lipinski definition) is 3. The number of amides is 2. The second kappa shape index (κ2) is 8.96. The minimum Gasteiger partial charge on any atom is -0.337 e. The standard InChI is InChI=1S/C25H20Cl2N2O2/c1-2-28(21-6-4-3-5-7-21)23-22(18-10-14-20(27)15-11-18)24(30)29(25(23)31)16-17-8-12-19(26)13-9-17/h3-15H,2,16H2,1H3. The molecule has 0 atom stereocenters. The third-order valence-corrected chi connectivity index (χ3v) is 5.69. The predicted molar refractivity (Wildman–Crippen MR) is 125 cm³/mol. The van der Waals surface area contributed by atoms with Gasteiger partial charge in [0.1, 0.15) is 5.70 Å². The van der Waals surface area contributed by atoms with Gasteiger partial charge in [-0.1, -0.05) is 65.7 Å². The molecule has 0 unspecified atom stereocenters. The summed E-state index contributed by atoms with van der Waals surface area (Å²) in [6.45, 7) is 2.66. The number of imide groups is 1. The van der Waals surface area contributed by atoms with Crippen LogP contribution in [0.2, 0.25) is 10.0 Å². The number of carbonyl (C=O) groups is 2. The molecule has 156 valence electrons. The fourth-order valence-corrected chi connectivity index (χ4v) is 3.94. The highest BCUT2D eigenvalue weighted by Gasteiger charge is 2.41. The van der Waals surface area contributed by atoms with Crippen LogP contribution >= 0.6 is 23.2 Å². The second-order valence-corrected chi connectivity index (χ2v) is 8.01. The van der Waals surface area contributed by atoms with Gasteiger partial charge in [-0.05, 0) is 54.4 Å². The highest BCUT2D eigenvalue weighted by molar-refractivity contribution is 6.37. The summed E-state index contributed by atoms with van der Waals surface area (Å²) in [7, 11) is 0. The third-order valence-electron chi connectivity index (χ3n) is 5.18. The van der Waals surface area contributed by atoms with Gasteiger partial charge in [-0.25, -0.2) is 0 Å². The number of nitrogens with zero attached hydrogens (tertiary/aromatic N) is 2. The molecular formula is C25H20Cl2N2O2. The molecule has 0 N–H and O–H groups in total. The Balaban J connectivity index is 1.81. The van der Waals surface area contributed by atoms with Crippen molar-refractivity contribution >= 4 is 46.3 Å². The van der Waals surface area contributed by atoms with Crippen LogP contribution in [-0.2, 0) is 16.1 Å². The fourth-order valence-electron chi connectivity index (χ4n) is 3.68. The van der Waals surface area contributed by atoms with Crippen molar-refractivity contribution in [1.82, 2.24) is 4.90 Å². The van der Waals surface area contributed by atoms with Gasteiger partial charge in [0, 0.05) is 22.3 Å². The van der Waals surface area contributed by atoms with Crippen LogP contribution in [-0.4, -0.2) is 23.3 Å². The quantitative estimate of drug-likeness (QED) is 0.445. The summed E-state index contributed by atoms with van der Waals surface area (Å²) >= 11 is 12.0. The highest BCUT2D eigenvalue weighted by atomic mass is 35.5. The lowest BCUT2D eigenvalue weighted by atomic mass is 10.0. The molecule has 1 heterocycles. The van der Waals surface area contributed by atoms with Crippen LogP contribution in [0.5, 0.6) is 0 Å². The average Bonchev–Trinajstić information content (AvgIpc) is 3.02. The second-order valence-electron chi connectivity index (χ2n) is 7.13. The maximum atomic E-state index is 13.6. The molecule has 0 radical (unpaired) electrons. The Labute approximate surface area is 191 Å². The molecule has 2 amide bonds. The van der Waals surface area contributed by atoms with Crippen LogP contribution in [0.4, 0.5) is 5.69 Å². The average molecular weight is 451 g/mol. The van der Waals surface area contributed by atoms with E-state index in [0.29, 0.717) is 33.4 Å². The van der Waals surface area contributed by atoms with Gasteiger partial charge in [0.2, 0.25) is 0 Å². The van der Waals surface area contributed by atoms with E-state index in [0.717, 1.165) is 11.3 Å². The molecule has 1 aliphatic rings. The van der Waals surface area contributed by atoms with E-state index in [-0.39, 0.29) is 18.4 Å². The summed E-state index contributed by atoms with van der Waals surface area (Å²) in [6.07, 6.45) is 0. The number of carbonyl (C=O) groups excluding carboxylic acids is 2. The molecule has 4 rings (SSSR count). The van der Waals surface area contributed by atoms with E-state index in [9.17, 15) is 9.59 Å². The van der Waals surface area contributed by atoms with Crippen molar-refractivity contribution in [3.8, 4) is 0 Å². The summed E-state index contributed by atoms with van der Waals surface area (Å²) in [5, 5.41) is 1.17. The molecule has 0 bridgehead atoms. The fraction of sp³-hybridized carbons (Fsp3) is 0.120. The van der Waals surface area contributed by atoms with E-state index in [4.69, 9.17) is 23.2 Å². The molecule has 1 aliphatic heterocycles. The molecule has 6 heteroatoms. The van der Waals surface area contributed by atoms with Crippen molar-refractivity contribution in [3.63, 3.8) is 0 Å². The minimum absolute atomic E-state index is 0.168. The van der Waals surface area contributed by atoms with Crippen LogP contribution in [0.15, 0.2) is 84.6 Å². The molecule has 3 aromatic carbocycles. The monoisotopic (exact) mass is 450 g/mol. The van der Waals surface area contributed by atoms with E-state index >= 15 is 0 Å². The van der Waals surface area contributed by atoms with Gasteiger partial charge in [-0.3, -0.25) is 14.5 Å². The van der Waals surface area contributed by atoms with Gasteiger partial charge < -0.3 is 4.90 Å². The third kappa shape index (κ3) is 4.22. The first kappa shape index (κ1) is 21.2. The van der Waals surface area contributed by atoms with Crippen molar-refractivity contribution in [3.05, 3.63) is 106 Å². The van der Waals surface area contributed by atoms with E-state index in [1.54, 1.807) is 36.4 Å². The molecule has 3 aromatic rings. The molecule has 0 aromatic heterocycles. The maximum Gasteiger partial charge on any atom is 0.278 e. The summed E-state index contributed by atoms with van der Waals surface area (Å²) in [5.74, 6) is -0.651. The SMILES string of the molecule is CCN(C1=C(c2ccc(Cl)cc2)C(=O)N(Cc2ccc(Cl)cc2)C1=O)c1ccccc1. The summed E-state index contributed by atoms with van der Waals surface area (Å²) < 4.78 is 0. The lowest BCUT2D eigenvalue weighted by molar-refractivity contribution is -0.137. The van der Waals surface area contributed by atoms with Gasteiger partial charge in [-0.15, -0.1) is 0 Å². The molecule has 0 aliphatic carbocycles. The Bertz CT molecular complexity index is 1140. The number of rotatable bonds is 6. The normalized spacial score (nSPS) is 13.8. The van der Waals surface area contributed by atoms with Gasteiger partial charge >= 0.3 is 0 Å². The lowest BCUT2D eigenvalue weighted by Crippen LogP contribution is -2.34. The lowest BCUT2D eigenvalue weighted by Gasteiger charge is -2.25. The van der Waals surface area contributed by atoms with Crippen molar-refractivity contribution < 1.29 is 9.59 Å². The van der Waals surface area contributed by atoms with Crippen molar-refractivity contribution in [2.75, 3.05) is 11.4 Å². The first-order valence-corrected chi connectivity index (χ1v) is 10.7. The zero-order chi connectivity index (χ0) is 22.0. The van der Waals surface area contributed by atoms with Gasteiger partial charge in [0.05, 0.1) is 12.1 Å². The summed E-state index contributed by atoms with van der Waals surface area (Å²) in [6, 6.07) is 23.7. The molecule has 31 heavy (non-hydrogen) atoms. The van der Waals surface area contributed by atoms with Crippen molar-refractivity contribution in [2.24, 2.45) is 0 Å². The highest BCUT2D eigenvalue weighted by Crippen LogP contribution is 2.35. The zero-order valence-electron chi connectivity index (χ0n) is 16.9. The maximum absolute atomic E-state index is 13.6. The summed E-state index contributed by atoms with van der Waals surface area (Å²) in [5.41, 5.74) is 3.08. The number of likely N-dealkylation sites (N-methyl/N-ethyl adjacent to an activating group) is 1. The summed E-state index contributed by atoms with van der Waals surface area (Å²) in [4.78, 5) is 30.2. The van der Waals surface area contributed by atoms with Crippen LogP contribution in [0, 0.1) is 0 Å². The molecule has 4 nitrogen and oxygen atoms in total. The Morgan fingerprint density at radius 3 is 1.94 bits per heavy atom. The van der Waals surface area contributed by atoms with E-state index in [1.807, 2.05) is 54.3 Å². The molecular weight excluding hydrogens is 431 g/mol. The van der Waals surface area contributed by atoms with Gasteiger partial charge in [0.15, 0.2) is 0 Å². The zero-order valence-corrected chi connectivity index (χ0v) is 18.4. The van der Waals surface area contributed by atoms with E-state index < -0.39 is 0 Å².